The van der Waals surface area contributed by atoms with Gasteiger partial charge in [0.25, 0.3) is 5.91 Å². The lowest BCUT2D eigenvalue weighted by Gasteiger charge is -2.04. The molecule has 0 unspecified atom stereocenters. The number of hydrogen-bond donors (Lipinski definition) is 1. The van der Waals surface area contributed by atoms with E-state index in [1.54, 1.807) is 30.2 Å². The molecular weight excluding hydrogens is 332 g/mol. The SMILES string of the molecule is Cc1ccccc1CSCc1ccc(C(=O)NCc2cccnc2)o1. The van der Waals surface area contributed by atoms with Gasteiger partial charge in [-0.15, -0.1) is 11.8 Å². The van der Waals surface area contributed by atoms with E-state index in [0.717, 1.165) is 22.8 Å². The molecule has 0 aliphatic rings. The third-order valence-corrected chi connectivity index (χ3v) is 4.83. The molecule has 0 aliphatic heterocycles. The zero-order valence-corrected chi connectivity index (χ0v) is 14.9. The molecule has 0 bridgehead atoms. The van der Waals surface area contributed by atoms with Crippen molar-refractivity contribution in [3.8, 4) is 0 Å². The van der Waals surface area contributed by atoms with Crippen LogP contribution in [-0.4, -0.2) is 10.9 Å². The normalized spacial score (nSPS) is 10.6. The number of aromatic nitrogens is 1. The lowest BCUT2D eigenvalue weighted by molar-refractivity contribution is 0.0921. The summed E-state index contributed by atoms with van der Waals surface area (Å²) < 4.78 is 5.65. The van der Waals surface area contributed by atoms with E-state index >= 15 is 0 Å². The van der Waals surface area contributed by atoms with E-state index in [0.29, 0.717) is 12.3 Å². The number of carbonyl (C=O) groups is 1. The van der Waals surface area contributed by atoms with Crippen LogP contribution >= 0.6 is 11.8 Å². The van der Waals surface area contributed by atoms with Crippen molar-refractivity contribution in [1.29, 1.82) is 0 Å². The second-order valence-electron chi connectivity index (χ2n) is 5.73. The maximum Gasteiger partial charge on any atom is 0.287 e. The van der Waals surface area contributed by atoms with Crippen LogP contribution in [0.5, 0.6) is 0 Å². The Hall–Kier alpha value is -2.53. The Labute approximate surface area is 151 Å². The van der Waals surface area contributed by atoms with Crippen LogP contribution in [0.1, 0.15) is 33.0 Å². The number of aryl methyl sites for hydroxylation is 1. The molecule has 0 saturated heterocycles. The highest BCUT2D eigenvalue weighted by Gasteiger charge is 2.11. The summed E-state index contributed by atoms with van der Waals surface area (Å²) in [6, 6.07) is 15.7. The molecular formula is C20H20N2O2S. The summed E-state index contributed by atoms with van der Waals surface area (Å²) in [4.78, 5) is 16.2. The van der Waals surface area contributed by atoms with Crippen molar-refractivity contribution in [3.63, 3.8) is 0 Å². The van der Waals surface area contributed by atoms with E-state index in [1.165, 1.54) is 11.1 Å². The number of rotatable bonds is 7. The highest BCUT2D eigenvalue weighted by atomic mass is 32.2. The van der Waals surface area contributed by atoms with Crippen LogP contribution in [0.3, 0.4) is 0 Å². The monoisotopic (exact) mass is 352 g/mol. The van der Waals surface area contributed by atoms with Crippen LogP contribution in [0.4, 0.5) is 0 Å². The highest BCUT2D eigenvalue weighted by Crippen LogP contribution is 2.21. The van der Waals surface area contributed by atoms with Crippen LogP contribution < -0.4 is 5.32 Å². The average Bonchev–Trinajstić information content (AvgIpc) is 3.11. The molecule has 5 heteroatoms. The number of amides is 1. The predicted molar refractivity (Wildman–Crippen MR) is 100 cm³/mol. The Morgan fingerprint density at radius 2 is 2.00 bits per heavy atom. The molecule has 25 heavy (non-hydrogen) atoms. The molecule has 1 N–H and O–H groups in total. The number of furan rings is 1. The number of benzene rings is 1. The van der Waals surface area contributed by atoms with E-state index in [2.05, 4.69) is 35.4 Å². The number of carbonyl (C=O) groups excluding carboxylic acids is 1. The molecule has 2 heterocycles. The molecule has 3 rings (SSSR count). The Kier molecular flexibility index (Phi) is 5.90. The largest absolute Gasteiger partial charge is 0.455 e. The average molecular weight is 352 g/mol. The van der Waals surface area contributed by atoms with Gasteiger partial charge in [-0.1, -0.05) is 30.3 Å². The first kappa shape index (κ1) is 17.3. The third-order valence-electron chi connectivity index (χ3n) is 3.82. The first-order valence-electron chi connectivity index (χ1n) is 8.10. The number of thioether (sulfide) groups is 1. The van der Waals surface area contributed by atoms with Crippen molar-refractivity contribution in [2.75, 3.05) is 0 Å². The molecule has 1 amide bonds. The topological polar surface area (TPSA) is 55.1 Å². The van der Waals surface area contributed by atoms with Crippen molar-refractivity contribution in [2.45, 2.75) is 25.0 Å². The summed E-state index contributed by atoms with van der Waals surface area (Å²) in [7, 11) is 0. The Morgan fingerprint density at radius 3 is 2.80 bits per heavy atom. The maximum absolute atomic E-state index is 12.1. The fourth-order valence-corrected chi connectivity index (χ4v) is 3.39. The fraction of sp³-hybridized carbons (Fsp3) is 0.200. The van der Waals surface area contributed by atoms with Gasteiger partial charge in [-0.3, -0.25) is 9.78 Å². The van der Waals surface area contributed by atoms with Crippen LogP contribution in [-0.2, 0) is 18.1 Å². The quantitative estimate of drug-likeness (QED) is 0.687. The molecule has 0 radical (unpaired) electrons. The summed E-state index contributed by atoms with van der Waals surface area (Å²) in [5.41, 5.74) is 3.58. The highest BCUT2D eigenvalue weighted by molar-refractivity contribution is 7.97. The van der Waals surface area contributed by atoms with Crippen molar-refractivity contribution < 1.29 is 9.21 Å². The van der Waals surface area contributed by atoms with E-state index in [1.807, 2.05) is 24.3 Å². The number of nitrogens with one attached hydrogen (secondary N) is 1. The number of pyridine rings is 1. The van der Waals surface area contributed by atoms with Gasteiger partial charge in [-0.25, -0.2) is 0 Å². The Balaban J connectivity index is 1.48. The first-order valence-corrected chi connectivity index (χ1v) is 9.26. The van der Waals surface area contributed by atoms with Crippen molar-refractivity contribution in [2.24, 2.45) is 0 Å². The van der Waals surface area contributed by atoms with Crippen molar-refractivity contribution >= 4 is 17.7 Å². The molecule has 0 fully saturated rings. The molecule has 0 aliphatic carbocycles. The van der Waals surface area contributed by atoms with Gasteiger partial charge >= 0.3 is 0 Å². The lowest BCUT2D eigenvalue weighted by Crippen LogP contribution is -2.22. The van der Waals surface area contributed by atoms with Crippen LogP contribution in [0, 0.1) is 6.92 Å². The minimum atomic E-state index is -0.209. The molecule has 128 valence electrons. The molecule has 4 nitrogen and oxygen atoms in total. The molecule has 2 aromatic heterocycles. The van der Waals surface area contributed by atoms with Crippen molar-refractivity contribution in [3.05, 3.63) is 89.1 Å². The summed E-state index contributed by atoms with van der Waals surface area (Å²) in [5, 5.41) is 2.84. The molecule has 3 aromatic rings. The first-order chi connectivity index (χ1) is 12.2. The minimum Gasteiger partial charge on any atom is -0.455 e. The summed E-state index contributed by atoms with van der Waals surface area (Å²) in [5.74, 6) is 2.61. The summed E-state index contributed by atoms with van der Waals surface area (Å²) in [6.07, 6.45) is 3.44. The minimum absolute atomic E-state index is 0.209. The Morgan fingerprint density at radius 1 is 1.12 bits per heavy atom. The number of hydrogen-bond acceptors (Lipinski definition) is 4. The summed E-state index contributed by atoms with van der Waals surface area (Å²) >= 11 is 1.78. The van der Waals surface area contributed by atoms with Crippen LogP contribution in [0.25, 0.3) is 0 Å². The van der Waals surface area contributed by atoms with E-state index in [9.17, 15) is 4.79 Å². The van der Waals surface area contributed by atoms with Crippen LogP contribution in [0.2, 0.25) is 0 Å². The lowest BCUT2D eigenvalue weighted by atomic mass is 10.1. The molecule has 0 spiro atoms. The van der Waals surface area contributed by atoms with Gasteiger partial charge in [-0.2, -0.15) is 0 Å². The molecule has 1 aromatic carbocycles. The second-order valence-corrected chi connectivity index (χ2v) is 6.71. The smallest absolute Gasteiger partial charge is 0.287 e. The van der Waals surface area contributed by atoms with Gasteiger partial charge in [0.05, 0.1) is 5.75 Å². The second kappa shape index (κ2) is 8.53. The van der Waals surface area contributed by atoms with Crippen molar-refractivity contribution in [1.82, 2.24) is 10.3 Å². The maximum atomic E-state index is 12.1. The summed E-state index contributed by atoms with van der Waals surface area (Å²) in [6.45, 7) is 2.55. The zero-order valence-electron chi connectivity index (χ0n) is 14.1. The van der Waals surface area contributed by atoms with E-state index in [4.69, 9.17) is 4.42 Å². The van der Waals surface area contributed by atoms with Crippen LogP contribution in [0.15, 0.2) is 65.3 Å². The predicted octanol–water partition coefficient (Wildman–Crippen LogP) is 4.35. The number of nitrogens with zero attached hydrogens (tertiary/aromatic N) is 1. The van der Waals surface area contributed by atoms with Gasteiger partial charge < -0.3 is 9.73 Å². The molecule has 0 saturated carbocycles. The van der Waals surface area contributed by atoms with E-state index in [-0.39, 0.29) is 5.91 Å². The standard InChI is InChI=1S/C20H20N2O2S/c1-15-5-2-3-7-17(15)13-25-14-18-8-9-19(24-18)20(23)22-12-16-6-4-10-21-11-16/h2-11H,12-14H2,1H3,(H,22,23). The third kappa shape index (κ3) is 4.97. The van der Waals surface area contributed by atoms with Gasteiger partial charge in [-0.05, 0) is 41.8 Å². The zero-order chi connectivity index (χ0) is 17.5. The van der Waals surface area contributed by atoms with E-state index < -0.39 is 0 Å². The molecule has 0 atom stereocenters. The van der Waals surface area contributed by atoms with Gasteiger partial charge in [0.15, 0.2) is 5.76 Å². The fourth-order valence-electron chi connectivity index (χ4n) is 2.38. The van der Waals surface area contributed by atoms with Gasteiger partial charge in [0.2, 0.25) is 0 Å². The Bertz CT molecular complexity index is 830. The van der Waals surface area contributed by atoms with Gasteiger partial charge in [0, 0.05) is 24.7 Å². The van der Waals surface area contributed by atoms with Gasteiger partial charge in [0.1, 0.15) is 5.76 Å².